The predicted molar refractivity (Wildman–Crippen MR) is 544 cm³/mol. The van der Waals surface area contributed by atoms with Gasteiger partial charge in [0.25, 0.3) is 0 Å². The Labute approximate surface area is 756 Å². The fourth-order valence-electron chi connectivity index (χ4n) is 19.7. The molecular formula is C120H75N9OS. The van der Waals surface area contributed by atoms with Crippen molar-refractivity contribution < 1.29 is 4.42 Å². The Morgan fingerprint density at radius 3 is 0.969 bits per heavy atom. The van der Waals surface area contributed by atoms with Crippen LogP contribution < -0.4 is 0 Å². The SMILES string of the molecule is CC1(C)c2ccccc2-c2ccc(-c3nc(-c4ccccc4)nc(-c4ccc5c(ccc6ccc7ccccc7c65)c4)n3)cc21.c1ccc(-c2nc(-c3ccc4c(ccc5ccc6ccccc6c54)c3)nc(-c3cccc4oc5ccccc5c34)n2)cc1.c1ccc(-c2nc(-c3ccc4c(ccc5ccc6ccccc6c54)c3)nc(-c3cccc4sc5ccccc5c34)n2)cc1. The molecule has 10 nitrogen and oxygen atoms in total. The highest BCUT2D eigenvalue weighted by Crippen LogP contribution is 2.51. The third-order valence-corrected chi connectivity index (χ3v) is 27.2. The van der Waals surface area contributed by atoms with Gasteiger partial charge in [-0.05, 0) is 168 Å². The first-order chi connectivity index (χ1) is 64.6. The van der Waals surface area contributed by atoms with Crippen molar-refractivity contribution in [3.8, 4) is 114 Å². The molecule has 0 saturated heterocycles. The maximum atomic E-state index is 6.19. The number of fused-ring (bicyclic) bond motifs is 24. The van der Waals surface area contributed by atoms with Crippen LogP contribution in [-0.4, -0.2) is 44.9 Å². The minimum Gasteiger partial charge on any atom is -0.456 e. The van der Waals surface area contributed by atoms with Gasteiger partial charge in [0.15, 0.2) is 52.4 Å². The standard InChI is InChI=1S/C42H29N3.C39H23N3O.C39H23N3S/c1-42(2)36-15-9-8-14-34(36)35-23-21-31(25-37(35)42)41-44-39(28-11-4-3-5-12-28)43-40(45-41)30-20-22-33-29(24-30)19-18-27-17-16-26-10-6-7-13-32(26)38(27)33;2*1-2-10-26(11-3-1)37-40-38(42-39(41-37)32-14-8-16-34-36(32)31-13-6-7-15-33(31)43-34)28-21-22-30-27(23-28)20-19-25-18-17-24-9-4-5-12-29(24)35(25)30/h3-25H,1-2H3;2*1-23H. The summed E-state index contributed by atoms with van der Waals surface area (Å²) in [5.41, 5.74) is 15.5. The molecule has 5 heterocycles. The van der Waals surface area contributed by atoms with Gasteiger partial charge in [0.1, 0.15) is 11.2 Å². The zero-order valence-electron chi connectivity index (χ0n) is 71.2. The summed E-state index contributed by atoms with van der Waals surface area (Å²) in [7, 11) is 0. The Balaban J connectivity index is 0.000000106. The van der Waals surface area contributed by atoms with Crippen molar-refractivity contribution in [1.29, 1.82) is 0 Å². The Hall–Kier alpha value is -17.0. The molecule has 0 saturated carbocycles. The lowest BCUT2D eigenvalue weighted by atomic mass is 9.82. The third kappa shape index (κ3) is 13.3. The number of nitrogens with zero attached hydrogens (tertiary/aromatic N) is 9. The average Bonchev–Trinajstić information content (AvgIpc) is 1.71. The summed E-state index contributed by atoms with van der Waals surface area (Å²) in [6.45, 7) is 4.61. The molecule has 0 atom stereocenters. The van der Waals surface area contributed by atoms with Crippen molar-refractivity contribution in [3.63, 3.8) is 0 Å². The van der Waals surface area contributed by atoms with Gasteiger partial charge < -0.3 is 4.42 Å². The van der Waals surface area contributed by atoms with Crippen LogP contribution in [0.1, 0.15) is 25.0 Å². The second-order valence-corrected chi connectivity index (χ2v) is 35.2. The van der Waals surface area contributed by atoms with Gasteiger partial charge in [-0.2, -0.15) is 0 Å². The molecule has 27 rings (SSSR count). The summed E-state index contributed by atoms with van der Waals surface area (Å²) in [6, 6.07) is 147. The molecule has 0 spiro atoms. The summed E-state index contributed by atoms with van der Waals surface area (Å²) >= 11 is 1.80. The molecule has 0 fully saturated rings. The van der Waals surface area contributed by atoms with Gasteiger partial charge in [-0.15, -0.1) is 11.3 Å². The van der Waals surface area contributed by atoms with E-state index < -0.39 is 0 Å². The minimum atomic E-state index is -0.106. The molecule has 0 N–H and O–H groups in total. The Kier molecular flexibility index (Phi) is 18.2. The van der Waals surface area contributed by atoms with Crippen LogP contribution in [-0.2, 0) is 5.41 Å². The number of thiophene rings is 1. The first kappa shape index (κ1) is 76.4. The Bertz CT molecular complexity index is 8810. The lowest BCUT2D eigenvalue weighted by Gasteiger charge is -2.21. The molecule has 0 radical (unpaired) electrons. The molecule has 11 heteroatoms. The highest BCUT2D eigenvalue weighted by atomic mass is 32.1. The van der Waals surface area contributed by atoms with Gasteiger partial charge in [0.2, 0.25) is 0 Å². The van der Waals surface area contributed by atoms with Crippen LogP contribution in [0.3, 0.4) is 0 Å². The van der Waals surface area contributed by atoms with E-state index in [-0.39, 0.29) is 5.41 Å². The van der Waals surface area contributed by atoms with Crippen LogP contribution >= 0.6 is 11.3 Å². The maximum Gasteiger partial charge on any atom is 0.164 e. The largest absolute Gasteiger partial charge is 0.456 e. The summed E-state index contributed by atoms with van der Waals surface area (Å²) < 4.78 is 8.68. The van der Waals surface area contributed by atoms with Gasteiger partial charge in [0, 0.05) is 86.4 Å². The highest BCUT2D eigenvalue weighted by Gasteiger charge is 2.36. The van der Waals surface area contributed by atoms with E-state index in [2.05, 4.69) is 335 Å². The maximum absolute atomic E-state index is 6.19. The number of furan rings is 1. The lowest BCUT2D eigenvalue weighted by Crippen LogP contribution is -2.15. The lowest BCUT2D eigenvalue weighted by molar-refractivity contribution is 0.660. The van der Waals surface area contributed by atoms with E-state index in [9.17, 15) is 0 Å². The predicted octanol–water partition coefficient (Wildman–Crippen LogP) is 31.6. The van der Waals surface area contributed by atoms with E-state index in [0.717, 1.165) is 88.2 Å². The minimum absolute atomic E-state index is 0.106. The second-order valence-electron chi connectivity index (χ2n) is 34.2. The van der Waals surface area contributed by atoms with Crippen molar-refractivity contribution >= 4 is 150 Å². The summed E-state index contributed by atoms with van der Waals surface area (Å²) in [6.07, 6.45) is 0. The quantitative estimate of drug-likeness (QED) is 0.129. The number of benzene rings is 21. The van der Waals surface area contributed by atoms with Gasteiger partial charge >= 0.3 is 0 Å². The van der Waals surface area contributed by atoms with E-state index in [4.69, 9.17) is 49.3 Å². The average molecular weight is 1690 g/mol. The molecule has 1 aliphatic carbocycles. The first-order valence-corrected chi connectivity index (χ1v) is 45.0. The smallest absolute Gasteiger partial charge is 0.164 e. The van der Waals surface area contributed by atoms with E-state index >= 15 is 0 Å². The Morgan fingerprint density at radius 2 is 0.496 bits per heavy atom. The van der Waals surface area contributed by atoms with Crippen LogP contribution in [0.15, 0.2) is 423 Å². The Morgan fingerprint density at radius 1 is 0.183 bits per heavy atom. The molecule has 0 amide bonds. The van der Waals surface area contributed by atoms with E-state index in [0.29, 0.717) is 52.4 Å². The van der Waals surface area contributed by atoms with Crippen molar-refractivity contribution in [2.24, 2.45) is 0 Å². The van der Waals surface area contributed by atoms with E-state index in [1.807, 2.05) is 97.1 Å². The molecule has 1 aliphatic rings. The number of rotatable bonds is 9. The summed E-state index contributed by atoms with van der Waals surface area (Å²) in [5, 5.41) is 26.7. The zero-order valence-corrected chi connectivity index (χ0v) is 72.0. The van der Waals surface area contributed by atoms with Gasteiger partial charge in [-0.3, -0.25) is 0 Å². The molecule has 0 unspecified atom stereocenters. The van der Waals surface area contributed by atoms with Crippen LogP contribution in [0.2, 0.25) is 0 Å². The van der Waals surface area contributed by atoms with Crippen molar-refractivity contribution in [2.45, 2.75) is 19.3 Å². The molecule has 21 aromatic carbocycles. The molecule has 26 aromatic rings. The fourth-order valence-corrected chi connectivity index (χ4v) is 20.9. The van der Waals surface area contributed by atoms with E-state index in [1.165, 1.54) is 123 Å². The number of para-hydroxylation sites is 1. The zero-order chi connectivity index (χ0) is 86.8. The molecule has 612 valence electrons. The van der Waals surface area contributed by atoms with Crippen LogP contribution in [0, 0.1) is 0 Å². The van der Waals surface area contributed by atoms with Gasteiger partial charge in [-0.1, -0.05) is 384 Å². The fraction of sp³-hybridized carbons (Fsp3) is 0.0250. The van der Waals surface area contributed by atoms with Gasteiger partial charge in [-0.25, -0.2) is 44.9 Å². The summed E-state index contributed by atoms with van der Waals surface area (Å²) in [5.74, 6) is 5.92. The number of aromatic nitrogens is 9. The molecule has 0 bridgehead atoms. The highest BCUT2D eigenvalue weighted by molar-refractivity contribution is 7.26. The second kappa shape index (κ2) is 31.2. The van der Waals surface area contributed by atoms with Crippen LogP contribution in [0.4, 0.5) is 0 Å². The van der Waals surface area contributed by atoms with E-state index in [1.54, 1.807) is 11.3 Å². The molecule has 0 aliphatic heterocycles. The van der Waals surface area contributed by atoms with Crippen molar-refractivity contribution in [3.05, 3.63) is 430 Å². The van der Waals surface area contributed by atoms with Crippen molar-refractivity contribution in [1.82, 2.24) is 44.9 Å². The number of hydrogen-bond donors (Lipinski definition) is 0. The third-order valence-electron chi connectivity index (χ3n) is 26.1. The summed E-state index contributed by atoms with van der Waals surface area (Å²) in [4.78, 5) is 45.5. The van der Waals surface area contributed by atoms with Crippen LogP contribution in [0.5, 0.6) is 0 Å². The van der Waals surface area contributed by atoms with Crippen molar-refractivity contribution in [2.75, 3.05) is 0 Å². The first-order valence-electron chi connectivity index (χ1n) is 44.2. The topological polar surface area (TPSA) is 129 Å². The molecule has 5 aromatic heterocycles. The molecular weight excluding hydrogens is 1620 g/mol. The molecule has 131 heavy (non-hydrogen) atoms. The number of hydrogen-bond acceptors (Lipinski definition) is 11. The normalized spacial score (nSPS) is 12.3. The van der Waals surface area contributed by atoms with Gasteiger partial charge in [0.05, 0.1) is 0 Å². The monoisotopic (exact) mass is 1690 g/mol. The van der Waals surface area contributed by atoms with Crippen LogP contribution in [0.25, 0.3) is 253 Å².